The predicted molar refractivity (Wildman–Crippen MR) is 85.4 cm³/mol. The van der Waals surface area contributed by atoms with Gasteiger partial charge in [0.15, 0.2) is 5.78 Å². The maximum atomic E-state index is 12.1. The lowest BCUT2D eigenvalue weighted by atomic mass is 10.2. The van der Waals surface area contributed by atoms with E-state index in [1.165, 1.54) is 11.8 Å². The maximum Gasteiger partial charge on any atom is 0.214 e. The van der Waals surface area contributed by atoms with Crippen molar-refractivity contribution in [1.29, 1.82) is 0 Å². The highest BCUT2D eigenvalue weighted by Crippen LogP contribution is 2.19. The Labute approximate surface area is 132 Å². The van der Waals surface area contributed by atoms with Crippen LogP contribution >= 0.6 is 11.8 Å². The molecule has 1 aromatic heterocycles. The van der Waals surface area contributed by atoms with Gasteiger partial charge in [0.05, 0.1) is 11.4 Å². The first-order valence-electron chi connectivity index (χ1n) is 6.80. The molecule has 0 saturated carbocycles. The second kappa shape index (κ2) is 6.53. The van der Waals surface area contributed by atoms with Crippen LogP contribution in [-0.2, 0) is 0 Å². The first-order chi connectivity index (χ1) is 10.7. The van der Waals surface area contributed by atoms with Gasteiger partial charge >= 0.3 is 0 Å². The molecular formula is C16H14N4OS. The van der Waals surface area contributed by atoms with Gasteiger partial charge in [-0.3, -0.25) is 4.79 Å². The molecule has 5 nitrogen and oxygen atoms in total. The lowest BCUT2D eigenvalue weighted by molar-refractivity contribution is 0.102. The van der Waals surface area contributed by atoms with Gasteiger partial charge in [-0.25, -0.2) is 0 Å². The van der Waals surface area contributed by atoms with Crippen molar-refractivity contribution < 1.29 is 4.79 Å². The van der Waals surface area contributed by atoms with E-state index in [2.05, 4.69) is 15.5 Å². The van der Waals surface area contributed by atoms with Gasteiger partial charge in [0.25, 0.3) is 0 Å². The normalized spacial score (nSPS) is 10.6. The van der Waals surface area contributed by atoms with Crippen LogP contribution in [0.4, 0.5) is 0 Å². The summed E-state index contributed by atoms with van der Waals surface area (Å²) >= 11 is 1.33. The molecule has 0 spiro atoms. The second-order valence-electron chi connectivity index (χ2n) is 4.79. The van der Waals surface area contributed by atoms with Crippen LogP contribution in [0, 0.1) is 6.92 Å². The van der Waals surface area contributed by atoms with E-state index in [-0.39, 0.29) is 5.78 Å². The van der Waals surface area contributed by atoms with Gasteiger partial charge in [-0.15, -0.1) is 5.10 Å². The minimum atomic E-state index is 0.0596. The highest BCUT2D eigenvalue weighted by Gasteiger charge is 2.12. The molecule has 0 radical (unpaired) electrons. The zero-order valence-corrected chi connectivity index (χ0v) is 12.8. The van der Waals surface area contributed by atoms with Crippen molar-refractivity contribution in [2.45, 2.75) is 12.1 Å². The van der Waals surface area contributed by atoms with Crippen LogP contribution in [0.15, 0.2) is 59.8 Å². The van der Waals surface area contributed by atoms with Crippen molar-refractivity contribution >= 4 is 17.5 Å². The number of hydrogen-bond donors (Lipinski definition) is 0. The molecule has 6 heteroatoms. The number of tetrazole rings is 1. The molecular weight excluding hydrogens is 296 g/mol. The Bertz CT molecular complexity index is 786. The molecule has 22 heavy (non-hydrogen) atoms. The van der Waals surface area contributed by atoms with E-state index in [9.17, 15) is 4.79 Å². The first-order valence-corrected chi connectivity index (χ1v) is 7.79. The van der Waals surface area contributed by atoms with Crippen LogP contribution in [0.5, 0.6) is 0 Å². The third-order valence-corrected chi connectivity index (χ3v) is 4.03. The lowest BCUT2D eigenvalue weighted by Gasteiger charge is -2.05. The van der Waals surface area contributed by atoms with Crippen LogP contribution in [0.25, 0.3) is 5.69 Å². The molecule has 0 aliphatic rings. The first kappa shape index (κ1) is 14.5. The summed E-state index contributed by atoms with van der Waals surface area (Å²) in [5.74, 6) is 0.361. The molecule has 0 fully saturated rings. The van der Waals surface area contributed by atoms with Gasteiger partial charge < -0.3 is 0 Å². The Balaban J connectivity index is 1.75. The summed E-state index contributed by atoms with van der Waals surface area (Å²) < 4.78 is 1.65. The number of carbonyl (C=O) groups excluding carboxylic acids is 1. The Morgan fingerprint density at radius 2 is 1.95 bits per heavy atom. The van der Waals surface area contributed by atoms with E-state index in [1.54, 1.807) is 4.68 Å². The van der Waals surface area contributed by atoms with E-state index >= 15 is 0 Å². The van der Waals surface area contributed by atoms with Gasteiger partial charge in [-0.2, -0.15) is 4.68 Å². The van der Waals surface area contributed by atoms with Gasteiger partial charge in [-0.05, 0) is 35.0 Å². The summed E-state index contributed by atoms with van der Waals surface area (Å²) in [5.41, 5.74) is 2.72. The number of hydrogen-bond acceptors (Lipinski definition) is 5. The second-order valence-corrected chi connectivity index (χ2v) is 5.73. The molecule has 2 aromatic carbocycles. The Morgan fingerprint density at radius 3 is 2.73 bits per heavy atom. The average Bonchev–Trinajstić information content (AvgIpc) is 3.02. The summed E-state index contributed by atoms with van der Waals surface area (Å²) in [7, 11) is 0. The number of benzene rings is 2. The smallest absolute Gasteiger partial charge is 0.214 e. The third kappa shape index (κ3) is 3.23. The average molecular weight is 310 g/mol. The van der Waals surface area contributed by atoms with Crippen molar-refractivity contribution in [1.82, 2.24) is 20.2 Å². The molecule has 0 bridgehead atoms. The zero-order chi connectivity index (χ0) is 15.4. The number of thioether (sulfide) groups is 1. The molecule has 0 saturated heterocycles. The van der Waals surface area contributed by atoms with Crippen molar-refractivity contribution in [2.24, 2.45) is 0 Å². The monoisotopic (exact) mass is 310 g/mol. The van der Waals surface area contributed by atoms with Crippen molar-refractivity contribution in [3.8, 4) is 5.69 Å². The van der Waals surface area contributed by atoms with Crippen molar-refractivity contribution in [3.05, 3.63) is 65.7 Å². The fraction of sp³-hybridized carbons (Fsp3) is 0.125. The molecule has 0 aliphatic carbocycles. The Kier molecular flexibility index (Phi) is 4.29. The number of aryl methyl sites for hydroxylation is 1. The number of ketones is 1. The molecule has 1 heterocycles. The fourth-order valence-corrected chi connectivity index (χ4v) is 2.81. The summed E-state index contributed by atoms with van der Waals surface area (Å²) in [6.07, 6.45) is 0. The Hall–Kier alpha value is -2.47. The molecule has 0 amide bonds. The van der Waals surface area contributed by atoms with E-state index in [0.29, 0.717) is 16.5 Å². The molecule has 110 valence electrons. The van der Waals surface area contributed by atoms with Crippen LogP contribution in [-0.4, -0.2) is 31.7 Å². The molecule has 0 unspecified atom stereocenters. The molecule has 0 atom stereocenters. The van der Waals surface area contributed by atoms with Gasteiger partial charge in [0.1, 0.15) is 0 Å². The summed E-state index contributed by atoms with van der Waals surface area (Å²) in [6, 6.07) is 17.1. The summed E-state index contributed by atoms with van der Waals surface area (Å²) in [6.45, 7) is 2.01. The molecule has 0 aliphatic heterocycles. The topological polar surface area (TPSA) is 60.7 Å². The van der Waals surface area contributed by atoms with Crippen LogP contribution in [0.2, 0.25) is 0 Å². The lowest BCUT2D eigenvalue weighted by Crippen LogP contribution is -2.04. The van der Waals surface area contributed by atoms with E-state index < -0.39 is 0 Å². The highest BCUT2D eigenvalue weighted by atomic mass is 32.2. The van der Waals surface area contributed by atoms with E-state index in [0.717, 1.165) is 11.3 Å². The van der Waals surface area contributed by atoms with E-state index in [1.807, 2.05) is 61.5 Å². The van der Waals surface area contributed by atoms with Crippen molar-refractivity contribution in [2.75, 3.05) is 5.75 Å². The fourth-order valence-electron chi connectivity index (χ4n) is 2.03. The Morgan fingerprint density at radius 1 is 1.14 bits per heavy atom. The van der Waals surface area contributed by atoms with Gasteiger partial charge in [-0.1, -0.05) is 54.2 Å². The van der Waals surface area contributed by atoms with Gasteiger partial charge in [0, 0.05) is 5.56 Å². The number of nitrogens with zero attached hydrogens (tertiary/aromatic N) is 4. The van der Waals surface area contributed by atoms with Crippen LogP contribution in [0.3, 0.4) is 0 Å². The summed E-state index contributed by atoms with van der Waals surface area (Å²) in [4.78, 5) is 12.1. The highest BCUT2D eigenvalue weighted by molar-refractivity contribution is 7.99. The number of carbonyl (C=O) groups is 1. The number of Topliss-reactive ketones (excluding diaryl/α,β-unsaturated/α-hetero) is 1. The predicted octanol–water partition coefficient (Wildman–Crippen LogP) is 2.95. The van der Waals surface area contributed by atoms with E-state index in [4.69, 9.17) is 0 Å². The largest absolute Gasteiger partial charge is 0.293 e. The zero-order valence-electron chi connectivity index (χ0n) is 12.0. The molecule has 3 aromatic rings. The minimum Gasteiger partial charge on any atom is -0.293 e. The van der Waals surface area contributed by atoms with Crippen molar-refractivity contribution in [3.63, 3.8) is 0 Å². The maximum absolute atomic E-state index is 12.1. The number of aromatic nitrogens is 4. The standard InChI is InChI=1S/C16H14N4OS/c1-12-6-5-9-14(10-12)20-16(17-18-19-20)22-11-15(21)13-7-3-2-4-8-13/h2-10H,11H2,1H3. The third-order valence-electron chi connectivity index (χ3n) is 3.12. The number of rotatable bonds is 5. The molecule has 0 N–H and O–H groups in total. The van der Waals surface area contributed by atoms with Crippen LogP contribution in [0.1, 0.15) is 15.9 Å². The summed E-state index contributed by atoms with van der Waals surface area (Å²) in [5, 5.41) is 12.3. The minimum absolute atomic E-state index is 0.0596. The van der Waals surface area contributed by atoms with Crippen LogP contribution < -0.4 is 0 Å². The quantitative estimate of drug-likeness (QED) is 0.535. The van der Waals surface area contributed by atoms with Gasteiger partial charge in [0.2, 0.25) is 5.16 Å². The molecule has 3 rings (SSSR count). The SMILES string of the molecule is Cc1cccc(-n2nnnc2SCC(=O)c2ccccc2)c1.